The van der Waals surface area contributed by atoms with E-state index in [1.165, 1.54) is 4.31 Å². The Balaban J connectivity index is 1.79. The van der Waals surface area contributed by atoms with Crippen molar-refractivity contribution in [2.45, 2.75) is 23.8 Å². The molecular formula is C13H14F2N4O2S. The molecule has 1 aromatic heterocycles. The van der Waals surface area contributed by atoms with Gasteiger partial charge in [-0.05, 0) is 31.0 Å². The molecule has 1 saturated heterocycles. The van der Waals surface area contributed by atoms with Crippen LogP contribution in [-0.4, -0.2) is 40.8 Å². The van der Waals surface area contributed by atoms with Crippen LogP contribution in [0.15, 0.2) is 35.5 Å². The van der Waals surface area contributed by atoms with Crippen molar-refractivity contribution in [1.29, 1.82) is 0 Å². The Bertz CT molecular complexity index is 756. The predicted molar refractivity (Wildman–Crippen MR) is 73.4 cm³/mol. The first kappa shape index (κ1) is 15.0. The van der Waals surface area contributed by atoms with Gasteiger partial charge in [-0.15, -0.1) is 0 Å². The standard InChI is InChI=1S/C13H14F2N4O2S/c14-10-1-2-12(15)13(9-10)22(20,21)18-7-3-11(4-8-18)19-16-5-6-17-19/h1-2,5-6,9,11H,3-4,7-8H2. The minimum absolute atomic E-state index is 0.0128. The summed E-state index contributed by atoms with van der Waals surface area (Å²) < 4.78 is 53.0. The summed E-state index contributed by atoms with van der Waals surface area (Å²) >= 11 is 0. The molecule has 1 fully saturated rings. The molecule has 0 N–H and O–H groups in total. The molecule has 0 unspecified atom stereocenters. The molecule has 2 heterocycles. The number of nitrogens with zero attached hydrogens (tertiary/aromatic N) is 4. The molecule has 2 aromatic rings. The van der Waals surface area contributed by atoms with Crippen LogP contribution < -0.4 is 0 Å². The second kappa shape index (κ2) is 5.73. The van der Waals surface area contributed by atoms with Gasteiger partial charge in [0.25, 0.3) is 0 Å². The summed E-state index contributed by atoms with van der Waals surface area (Å²) in [6.45, 7) is 0.426. The molecule has 9 heteroatoms. The highest BCUT2D eigenvalue weighted by Crippen LogP contribution is 2.27. The number of piperidine rings is 1. The number of aromatic nitrogens is 3. The normalized spacial score (nSPS) is 17.7. The fourth-order valence-corrected chi connectivity index (χ4v) is 4.09. The monoisotopic (exact) mass is 328 g/mol. The lowest BCUT2D eigenvalue weighted by Crippen LogP contribution is -2.39. The van der Waals surface area contributed by atoms with E-state index >= 15 is 0 Å². The number of benzene rings is 1. The molecule has 118 valence electrons. The molecule has 1 aliphatic rings. The average molecular weight is 328 g/mol. The molecule has 6 nitrogen and oxygen atoms in total. The Morgan fingerprint density at radius 3 is 2.36 bits per heavy atom. The summed E-state index contributed by atoms with van der Waals surface area (Å²) in [4.78, 5) is 0.926. The molecule has 0 saturated carbocycles. The number of hydrogen-bond acceptors (Lipinski definition) is 4. The summed E-state index contributed by atoms with van der Waals surface area (Å²) in [5.41, 5.74) is 0. The van der Waals surface area contributed by atoms with Gasteiger partial charge in [-0.3, -0.25) is 0 Å². The third kappa shape index (κ3) is 2.73. The molecule has 0 atom stereocenters. The lowest BCUT2D eigenvalue weighted by molar-refractivity contribution is 0.244. The maximum atomic E-state index is 13.7. The fourth-order valence-electron chi connectivity index (χ4n) is 2.54. The van der Waals surface area contributed by atoms with Gasteiger partial charge in [-0.25, -0.2) is 17.2 Å². The molecule has 3 rings (SSSR count). The number of rotatable bonds is 3. The summed E-state index contributed by atoms with van der Waals surface area (Å²) in [5.74, 6) is -1.73. The van der Waals surface area contributed by atoms with Crippen molar-refractivity contribution in [3.8, 4) is 0 Å². The molecule has 22 heavy (non-hydrogen) atoms. The topological polar surface area (TPSA) is 68.1 Å². The van der Waals surface area contributed by atoms with Gasteiger partial charge in [0.05, 0.1) is 18.4 Å². The van der Waals surface area contributed by atoms with Gasteiger partial charge in [0.2, 0.25) is 10.0 Å². The van der Waals surface area contributed by atoms with Gasteiger partial charge in [0, 0.05) is 13.1 Å². The summed E-state index contributed by atoms with van der Waals surface area (Å²) in [5, 5.41) is 8.08. The van der Waals surface area contributed by atoms with E-state index in [0.29, 0.717) is 18.9 Å². The van der Waals surface area contributed by atoms with E-state index in [9.17, 15) is 17.2 Å². The second-order valence-electron chi connectivity index (χ2n) is 5.06. The van der Waals surface area contributed by atoms with Crippen molar-refractivity contribution in [1.82, 2.24) is 19.3 Å². The third-order valence-electron chi connectivity index (χ3n) is 3.70. The van der Waals surface area contributed by atoms with Crippen LogP contribution in [-0.2, 0) is 10.0 Å². The van der Waals surface area contributed by atoms with E-state index < -0.39 is 26.6 Å². The van der Waals surface area contributed by atoms with Gasteiger partial charge >= 0.3 is 0 Å². The van der Waals surface area contributed by atoms with Crippen molar-refractivity contribution >= 4 is 10.0 Å². The van der Waals surface area contributed by atoms with Gasteiger partial charge in [0.15, 0.2) is 0 Å². The van der Waals surface area contributed by atoms with E-state index in [1.54, 1.807) is 17.2 Å². The molecule has 0 radical (unpaired) electrons. The maximum Gasteiger partial charge on any atom is 0.246 e. The lowest BCUT2D eigenvalue weighted by Gasteiger charge is -2.30. The fraction of sp³-hybridized carbons (Fsp3) is 0.385. The number of sulfonamides is 1. The molecule has 0 spiro atoms. The maximum absolute atomic E-state index is 13.7. The smallest absolute Gasteiger partial charge is 0.207 e. The first-order chi connectivity index (χ1) is 10.5. The van der Waals surface area contributed by atoms with Crippen molar-refractivity contribution < 1.29 is 17.2 Å². The minimum Gasteiger partial charge on any atom is -0.207 e. The molecule has 0 amide bonds. The third-order valence-corrected chi connectivity index (χ3v) is 5.61. The highest BCUT2D eigenvalue weighted by Gasteiger charge is 2.32. The van der Waals surface area contributed by atoms with E-state index in [0.717, 1.165) is 12.1 Å². The number of hydrogen-bond donors (Lipinski definition) is 0. The Hall–Kier alpha value is -1.87. The summed E-state index contributed by atoms with van der Waals surface area (Å²) in [6, 6.07) is 2.44. The van der Waals surface area contributed by atoms with Crippen LogP contribution in [0.25, 0.3) is 0 Å². The van der Waals surface area contributed by atoms with Crippen LogP contribution in [0.2, 0.25) is 0 Å². The van der Waals surface area contributed by atoms with Crippen molar-refractivity contribution in [2.75, 3.05) is 13.1 Å². The van der Waals surface area contributed by atoms with E-state index in [2.05, 4.69) is 10.2 Å². The van der Waals surface area contributed by atoms with Crippen LogP contribution in [0.5, 0.6) is 0 Å². The Labute approximate surface area is 126 Å². The summed E-state index contributed by atoms with van der Waals surface area (Å²) in [7, 11) is -4.04. The zero-order chi connectivity index (χ0) is 15.7. The largest absolute Gasteiger partial charge is 0.246 e. The van der Waals surface area contributed by atoms with Crippen molar-refractivity contribution in [3.63, 3.8) is 0 Å². The molecule has 0 bridgehead atoms. The van der Waals surface area contributed by atoms with Crippen LogP contribution in [0, 0.1) is 11.6 Å². The van der Waals surface area contributed by atoms with Crippen LogP contribution in [0.1, 0.15) is 18.9 Å². The summed E-state index contributed by atoms with van der Waals surface area (Å²) in [6.07, 6.45) is 4.16. The van der Waals surface area contributed by atoms with Gasteiger partial charge in [-0.1, -0.05) is 0 Å². The highest BCUT2D eigenvalue weighted by molar-refractivity contribution is 7.89. The van der Waals surface area contributed by atoms with Crippen molar-refractivity contribution in [3.05, 3.63) is 42.2 Å². The molecule has 1 aromatic carbocycles. The zero-order valence-corrected chi connectivity index (χ0v) is 12.4. The first-order valence-corrected chi connectivity index (χ1v) is 8.23. The molecule has 0 aliphatic carbocycles. The van der Waals surface area contributed by atoms with Crippen LogP contribution in [0.4, 0.5) is 8.78 Å². The predicted octanol–water partition coefficient (Wildman–Crippen LogP) is 1.58. The Morgan fingerprint density at radius 2 is 1.73 bits per heavy atom. The van der Waals surface area contributed by atoms with E-state index in [-0.39, 0.29) is 19.1 Å². The van der Waals surface area contributed by atoms with Gasteiger partial charge < -0.3 is 0 Å². The first-order valence-electron chi connectivity index (χ1n) is 6.79. The Morgan fingerprint density at radius 1 is 1.09 bits per heavy atom. The quantitative estimate of drug-likeness (QED) is 0.858. The van der Waals surface area contributed by atoms with Gasteiger partial charge in [0.1, 0.15) is 16.5 Å². The zero-order valence-electron chi connectivity index (χ0n) is 11.6. The van der Waals surface area contributed by atoms with Crippen LogP contribution in [0.3, 0.4) is 0 Å². The average Bonchev–Trinajstić information content (AvgIpc) is 3.04. The van der Waals surface area contributed by atoms with Crippen molar-refractivity contribution in [2.24, 2.45) is 0 Å². The molecule has 1 aliphatic heterocycles. The second-order valence-corrected chi connectivity index (χ2v) is 6.97. The highest BCUT2D eigenvalue weighted by atomic mass is 32.2. The number of halogens is 2. The van der Waals surface area contributed by atoms with E-state index in [4.69, 9.17) is 0 Å². The lowest BCUT2D eigenvalue weighted by atomic mass is 10.1. The SMILES string of the molecule is O=S(=O)(c1cc(F)ccc1F)N1CCC(n2nccn2)CC1. The Kier molecular flexibility index (Phi) is 3.92. The van der Waals surface area contributed by atoms with E-state index in [1.807, 2.05) is 0 Å². The minimum atomic E-state index is -4.04. The molecular weight excluding hydrogens is 314 g/mol. The van der Waals surface area contributed by atoms with Crippen LogP contribution >= 0.6 is 0 Å². The van der Waals surface area contributed by atoms with Gasteiger partial charge in [-0.2, -0.15) is 19.3 Å².